The molecule has 1 aliphatic carbocycles. The van der Waals surface area contributed by atoms with Crippen LogP contribution in [0.15, 0.2) is 12.1 Å². The van der Waals surface area contributed by atoms with Gasteiger partial charge in [-0.05, 0) is 42.4 Å². The van der Waals surface area contributed by atoms with E-state index in [9.17, 15) is 0 Å². The van der Waals surface area contributed by atoms with Gasteiger partial charge in [0.15, 0.2) is 0 Å². The van der Waals surface area contributed by atoms with Crippen LogP contribution in [0, 0.1) is 0 Å². The van der Waals surface area contributed by atoms with Gasteiger partial charge in [-0.25, -0.2) is 0 Å². The molecular formula is C13H16O. The van der Waals surface area contributed by atoms with Gasteiger partial charge in [0.05, 0.1) is 6.61 Å². The number of benzene rings is 1. The molecule has 74 valence electrons. The Bertz CT molecular complexity index is 368. The zero-order valence-corrected chi connectivity index (χ0v) is 8.68. The fourth-order valence-corrected chi connectivity index (χ4v) is 2.96. The van der Waals surface area contributed by atoms with Crippen LogP contribution in [0.1, 0.15) is 42.4 Å². The van der Waals surface area contributed by atoms with E-state index in [2.05, 4.69) is 19.1 Å². The monoisotopic (exact) mass is 188 g/mol. The van der Waals surface area contributed by atoms with Gasteiger partial charge in [0.1, 0.15) is 5.75 Å². The van der Waals surface area contributed by atoms with Gasteiger partial charge < -0.3 is 4.74 Å². The van der Waals surface area contributed by atoms with E-state index < -0.39 is 0 Å². The smallest absolute Gasteiger partial charge is 0.122 e. The second kappa shape index (κ2) is 3.01. The van der Waals surface area contributed by atoms with Crippen LogP contribution in [0.3, 0.4) is 0 Å². The Balaban J connectivity index is 2.16. The van der Waals surface area contributed by atoms with Gasteiger partial charge in [0, 0.05) is 12.0 Å². The second-order valence-electron chi connectivity index (χ2n) is 4.36. The maximum absolute atomic E-state index is 5.62. The highest BCUT2D eigenvalue weighted by Crippen LogP contribution is 2.42. The van der Waals surface area contributed by atoms with Gasteiger partial charge >= 0.3 is 0 Å². The Morgan fingerprint density at radius 2 is 2.29 bits per heavy atom. The fraction of sp³-hybridized carbons (Fsp3) is 0.538. The van der Waals surface area contributed by atoms with E-state index in [1.54, 1.807) is 11.1 Å². The van der Waals surface area contributed by atoms with Crippen LogP contribution in [0.4, 0.5) is 0 Å². The summed E-state index contributed by atoms with van der Waals surface area (Å²) in [6.07, 6.45) is 5.04. The highest BCUT2D eigenvalue weighted by molar-refractivity contribution is 5.51. The molecule has 2 aliphatic rings. The van der Waals surface area contributed by atoms with Crippen molar-refractivity contribution in [2.24, 2.45) is 0 Å². The van der Waals surface area contributed by atoms with Crippen molar-refractivity contribution in [1.82, 2.24) is 0 Å². The summed E-state index contributed by atoms with van der Waals surface area (Å²) in [5.74, 6) is 1.96. The molecule has 1 atom stereocenters. The molecule has 0 spiro atoms. The lowest BCUT2D eigenvalue weighted by Gasteiger charge is -2.12. The normalized spacial score (nSPS) is 23.1. The summed E-state index contributed by atoms with van der Waals surface area (Å²) in [7, 11) is 0. The number of ether oxygens (including phenoxy) is 1. The van der Waals surface area contributed by atoms with Crippen LogP contribution < -0.4 is 4.74 Å². The van der Waals surface area contributed by atoms with E-state index in [1.807, 2.05) is 0 Å². The van der Waals surface area contributed by atoms with Crippen LogP contribution in [0.5, 0.6) is 5.75 Å². The lowest BCUT2D eigenvalue weighted by atomic mass is 9.92. The Labute approximate surface area is 85.1 Å². The highest BCUT2D eigenvalue weighted by Gasteiger charge is 2.27. The van der Waals surface area contributed by atoms with Gasteiger partial charge in [-0.15, -0.1) is 0 Å². The van der Waals surface area contributed by atoms with Crippen LogP contribution in [-0.4, -0.2) is 6.61 Å². The number of aryl methyl sites for hydroxylation is 1. The third-order valence-electron chi connectivity index (χ3n) is 3.68. The van der Waals surface area contributed by atoms with Crippen LogP contribution in [0.25, 0.3) is 0 Å². The summed E-state index contributed by atoms with van der Waals surface area (Å²) in [4.78, 5) is 0. The molecule has 1 aromatic carbocycles. The van der Waals surface area contributed by atoms with Gasteiger partial charge in [0.2, 0.25) is 0 Å². The molecule has 1 aromatic rings. The third-order valence-corrected chi connectivity index (χ3v) is 3.68. The van der Waals surface area contributed by atoms with Gasteiger partial charge in [-0.2, -0.15) is 0 Å². The minimum atomic E-state index is 0.807. The van der Waals surface area contributed by atoms with Gasteiger partial charge in [-0.3, -0.25) is 0 Å². The first kappa shape index (κ1) is 8.34. The fourth-order valence-electron chi connectivity index (χ4n) is 2.96. The first-order chi connectivity index (χ1) is 6.90. The second-order valence-corrected chi connectivity index (χ2v) is 4.36. The Kier molecular flexibility index (Phi) is 1.79. The van der Waals surface area contributed by atoms with Crippen molar-refractivity contribution in [3.05, 3.63) is 28.8 Å². The molecule has 1 aliphatic heterocycles. The predicted octanol–water partition coefficient (Wildman–Crippen LogP) is 3.06. The first-order valence-electron chi connectivity index (χ1n) is 5.67. The molecule has 0 radical (unpaired) electrons. The standard InChI is InChI=1S/C13H16O/c1-2-9-3-4-10-5-6-12-11(13(9)10)7-8-14-12/h5-6,9H,2-4,7-8H2,1H3/t9-/m1/s1. The van der Waals surface area contributed by atoms with Crippen molar-refractivity contribution in [1.29, 1.82) is 0 Å². The van der Waals surface area contributed by atoms with Crippen LogP contribution in [-0.2, 0) is 12.8 Å². The molecule has 0 amide bonds. The van der Waals surface area contributed by atoms with Gasteiger partial charge in [0.25, 0.3) is 0 Å². The maximum atomic E-state index is 5.62. The molecule has 14 heavy (non-hydrogen) atoms. The summed E-state index contributed by atoms with van der Waals surface area (Å²) in [6.45, 7) is 3.19. The molecule has 0 bridgehead atoms. The average molecular weight is 188 g/mol. The summed E-state index contributed by atoms with van der Waals surface area (Å²) < 4.78 is 5.62. The van der Waals surface area contributed by atoms with E-state index in [4.69, 9.17) is 4.74 Å². The van der Waals surface area contributed by atoms with Crippen molar-refractivity contribution in [2.45, 2.75) is 38.5 Å². The van der Waals surface area contributed by atoms with Gasteiger partial charge in [-0.1, -0.05) is 13.0 Å². The summed E-state index contributed by atoms with van der Waals surface area (Å²) in [5, 5.41) is 0. The zero-order chi connectivity index (χ0) is 9.54. The molecule has 0 fully saturated rings. The van der Waals surface area contributed by atoms with E-state index in [1.165, 1.54) is 24.8 Å². The SMILES string of the molecule is CC[C@@H]1CCc2ccc3c(c21)CCO3. The molecule has 0 unspecified atom stereocenters. The average Bonchev–Trinajstić information content (AvgIpc) is 2.82. The molecule has 0 saturated carbocycles. The molecule has 1 heteroatoms. The number of hydrogen-bond acceptors (Lipinski definition) is 1. The Morgan fingerprint density at radius 3 is 3.14 bits per heavy atom. The third kappa shape index (κ3) is 1.01. The molecule has 0 aromatic heterocycles. The van der Waals surface area contributed by atoms with Crippen LogP contribution >= 0.6 is 0 Å². The highest BCUT2D eigenvalue weighted by atomic mass is 16.5. The Hall–Kier alpha value is -0.980. The predicted molar refractivity (Wildman–Crippen MR) is 57.0 cm³/mol. The minimum absolute atomic E-state index is 0.807. The maximum Gasteiger partial charge on any atom is 0.122 e. The molecule has 0 saturated heterocycles. The number of rotatable bonds is 1. The Morgan fingerprint density at radius 1 is 1.36 bits per heavy atom. The van der Waals surface area contributed by atoms with Crippen molar-refractivity contribution >= 4 is 0 Å². The van der Waals surface area contributed by atoms with Crippen molar-refractivity contribution < 1.29 is 4.74 Å². The quantitative estimate of drug-likeness (QED) is 0.658. The molecule has 1 nitrogen and oxygen atoms in total. The summed E-state index contributed by atoms with van der Waals surface area (Å²) in [5.41, 5.74) is 4.75. The summed E-state index contributed by atoms with van der Waals surface area (Å²) >= 11 is 0. The van der Waals surface area contributed by atoms with E-state index in [-0.39, 0.29) is 0 Å². The molecule has 1 heterocycles. The molecule has 0 N–H and O–H groups in total. The molecular weight excluding hydrogens is 172 g/mol. The number of hydrogen-bond donors (Lipinski definition) is 0. The van der Waals surface area contributed by atoms with Crippen LogP contribution in [0.2, 0.25) is 0 Å². The number of fused-ring (bicyclic) bond motifs is 3. The topological polar surface area (TPSA) is 9.23 Å². The lowest BCUT2D eigenvalue weighted by Crippen LogP contribution is -1.96. The van der Waals surface area contributed by atoms with Crippen molar-refractivity contribution in [2.75, 3.05) is 6.61 Å². The minimum Gasteiger partial charge on any atom is -0.493 e. The van der Waals surface area contributed by atoms with Crippen molar-refractivity contribution in [3.8, 4) is 5.75 Å². The summed E-state index contributed by atoms with van der Waals surface area (Å²) in [6, 6.07) is 4.44. The first-order valence-corrected chi connectivity index (χ1v) is 5.67. The zero-order valence-electron chi connectivity index (χ0n) is 8.68. The van der Waals surface area contributed by atoms with E-state index in [0.717, 1.165) is 24.7 Å². The lowest BCUT2D eigenvalue weighted by molar-refractivity contribution is 0.357. The largest absolute Gasteiger partial charge is 0.493 e. The van der Waals surface area contributed by atoms with Crippen molar-refractivity contribution in [3.63, 3.8) is 0 Å². The van der Waals surface area contributed by atoms with E-state index in [0.29, 0.717) is 0 Å². The van der Waals surface area contributed by atoms with E-state index >= 15 is 0 Å². The molecule has 3 rings (SSSR count).